The molecule has 0 aliphatic carbocycles. The Morgan fingerprint density at radius 2 is 1.70 bits per heavy atom. The van der Waals surface area contributed by atoms with E-state index in [1.165, 1.54) is 24.0 Å². The first-order valence-corrected chi connectivity index (χ1v) is 15.7. The highest BCUT2D eigenvalue weighted by Gasteiger charge is 2.39. The SMILES string of the molecule is CC.CC(C)(C)OC(=O)NC1(CCOc2ccc(N(C=O)CCO)cc2F)CCN(C(=O)OCc2ccccc2)CC1.CNC(C)=O. The summed E-state index contributed by atoms with van der Waals surface area (Å²) in [5.41, 5.74) is -0.258. The minimum absolute atomic E-state index is 0.00463. The van der Waals surface area contributed by atoms with Crippen LogP contribution in [0.25, 0.3) is 0 Å². The Morgan fingerprint density at radius 1 is 1.09 bits per heavy atom. The maximum atomic E-state index is 14.7. The van der Waals surface area contributed by atoms with Crippen molar-refractivity contribution in [1.29, 1.82) is 0 Å². The Morgan fingerprint density at radius 3 is 2.21 bits per heavy atom. The summed E-state index contributed by atoms with van der Waals surface area (Å²) >= 11 is 0. The zero-order chi connectivity index (χ0) is 35.5. The van der Waals surface area contributed by atoms with Crippen LogP contribution >= 0.6 is 0 Å². The van der Waals surface area contributed by atoms with Gasteiger partial charge in [-0.2, -0.15) is 0 Å². The van der Waals surface area contributed by atoms with Gasteiger partial charge in [-0.1, -0.05) is 44.2 Å². The number of ether oxygens (including phenoxy) is 3. The van der Waals surface area contributed by atoms with Gasteiger partial charge in [0.25, 0.3) is 0 Å². The van der Waals surface area contributed by atoms with E-state index in [4.69, 9.17) is 19.3 Å². The topological polar surface area (TPSA) is 147 Å². The fraction of sp³-hybridized carbons (Fsp3) is 0.529. The number of rotatable bonds is 11. The van der Waals surface area contributed by atoms with Gasteiger partial charge in [0, 0.05) is 57.3 Å². The van der Waals surface area contributed by atoms with Gasteiger partial charge in [0.15, 0.2) is 11.6 Å². The van der Waals surface area contributed by atoms with Crippen LogP contribution in [0.15, 0.2) is 48.5 Å². The third kappa shape index (κ3) is 15.2. The molecule has 0 unspecified atom stereocenters. The van der Waals surface area contributed by atoms with Crippen LogP contribution < -0.4 is 20.3 Å². The summed E-state index contributed by atoms with van der Waals surface area (Å²) in [5, 5.41) is 14.4. The standard InChI is InChI=1S/C29H38FN3O7.C3H7NO.C2H6/c1-28(2,3)40-26(36)31-29(11-14-32(15-12-29)27(37)39-20-22-7-5-4-6-8-22)13-18-38-25-10-9-23(19-24(25)30)33(21-35)16-17-34;1-3(5)4-2;1-2/h4-10,19,21,34H,11-18,20H2,1-3H3,(H,31,36);1-2H3,(H,4,5);1-2H3. The number of likely N-dealkylation sites (tertiary alicyclic amines) is 1. The quantitative estimate of drug-likeness (QED) is 0.284. The van der Waals surface area contributed by atoms with Gasteiger partial charge >= 0.3 is 12.2 Å². The fourth-order valence-electron chi connectivity index (χ4n) is 4.38. The molecule has 3 N–H and O–H groups in total. The predicted molar refractivity (Wildman–Crippen MR) is 178 cm³/mol. The molecular formula is C34H51FN4O8. The van der Waals surface area contributed by atoms with Crippen LogP contribution in [-0.4, -0.2) is 85.5 Å². The Balaban J connectivity index is 0.00000144. The lowest BCUT2D eigenvalue weighted by atomic mass is 9.84. The maximum absolute atomic E-state index is 14.7. The van der Waals surface area contributed by atoms with Crippen molar-refractivity contribution >= 4 is 30.2 Å². The van der Waals surface area contributed by atoms with Crippen molar-refractivity contribution in [3.8, 4) is 5.75 Å². The van der Waals surface area contributed by atoms with Crippen LogP contribution in [0.1, 0.15) is 66.4 Å². The summed E-state index contributed by atoms with van der Waals surface area (Å²) in [6.45, 7) is 11.5. The first-order valence-electron chi connectivity index (χ1n) is 15.7. The van der Waals surface area contributed by atoms with E-state index < -0.39 is 29.1 Å². The molecule has 262 valence electrons. The van der Waals surface area contributed by atoms with Crippen molar-refractivity contribution in [1.82, 2.24) is 15.5 Å². The number of amides is 4. The molecule has 1 heterocycles. The predicted octanol–water partition coefficient (Wildman–Crippen LogP) is 5.02. The number of aliphatic hydroxyl groups excluding tert-OH is 1. The minimum atomic E-state index is -0.746. The van der Waals surface area contributed by atoms with Crippen molar-refractivity contribution in [3.05, 3.63) is 59.9 Å². The largest absolute Gasteiger partial charge is 0.490 e. The molecule has 2 aromatic carbocycles. The number of piperidine rings is 1. The smallest absolute Gasteiger partial charge is 0.410 e. The molecule has 0 bridgehead atoms. The van der Waals surface area contributed by atoms with Gasteiger partial charge in [-0.25, -0.2) is 14.0 Å². The summed E-state index contributed by atoms with van der Waals surface area (Å²) in [6, 6.07) is 13.5. The summed E-state index contributed by atoms with van der Waals surface area (Å²) < 4.78 is 31.3. The van der Waals surface area contributed by atoms with Crippen molar-refractivity contribution in [2.75, 3.05) is 44.8 Å². The van der Waals surface area contributed by atoms with Crippen molar-refractivity contribution in [2.24, 2.45) is 0 Å². The lowest BCUT2D eigenvalue weighted by molar-refractivity contribution is -0.118. The van der Waals surface area contributed by atoms with E-state index in [2.05, 4.69) is 10.6 Å². The lowest BCUT2D eigenvalue weighted by Gasteiger charge is -2.42. The van der Waals surface area contributed by atoms with Gasteiger partial charge in [-0.3, -0.25) is 9.59 Å². The van der Waals surface area contributed by atoms with Crippen LogP contribution in [-0.2, 0) is 25.7 Å². The zero-order valence-corrected chi connectivity index (χ0v) is 28.6. The molecule has 12 nitrogen and oxygen atoms in total. The van der Waals surface area contributed by atoms with E-state index in [1.807, 2.05) is 44.2 Å². The van der Waals surface area contributed by atoms with Crippen LogP contribution in [0.3, 0.4) is 0 Å². The number of nitrogens with zero attached hydrogens (tertiary/aromatic N) is 2. The second kappa shape index (κ2) is 20.7. The molecular weight excluding hydrogens is 611 g/mol. The van der Waals surface area contributed by atoms with Crippen LogP contribution in [0.4, 0.5) is 19.7 Å². The Bertz CT molecular complexity index is 1250. The highest BCUT2D eigenvalue weighted by Crippen LogP contribution is 2.29. The molecule has 0 atom stereocenters. The van der Waals surface area contributed by atoms with E-state index in [0.29, 0.717) is 44.4 Å². The summed E-state index contributed by atoms with van der Waals surface area (Å²) in [4.78, 5) is 49.0. The second-order valence-electron chi connectivity index (χ2n) is 11.5. The minimum Gasteiger partial charge on any atom is -0.490 e. The molecule has 2 aromatic rings. The summed E-state index contributed by atoms with van der Waals surface area (Å²) in [7, 11) is 1.60. The molecule has 0 aromatic heterocycles. The third-order valence-corrected chi connectivity index (χ3v) is 6.86. The second-order valence-corrected chi connectivity index (χ2v) is 11.5. The van der Waals surface area contributed by atoms with Gasteiger partial charge in [0.05, 0.1) is 13.2 Å². The number of carbonyl (C=O) groups is 4. The third-order valence-electron chi connectivity index (χ3n) is 6.86. The Hall–Kier alpha value is -4.39. The average molecular weight is 663 g/mol. The molecule has 3 rings (SSSR count). The normalized spacial score (nSPS) is 13.3. The van der Waals surface area contributed by atoms with E-state index in [-0.39, 0.29) is 38.0 Å². The van der Waals surface area contributed by atoms with Gasteiger partial charge in [0.2, 0.25) is 12.3 Å². The van der Waals surface area contributed by atoms with E-state index in [9.17, 15) is 23.6 Å². The molecule has 47 heavy (non-hydrogen) atoms. The number of hydrogen-bond donors (Lipinski definition) is 3. The maximum Gasteiger partial charge on any atom is 0.410 e. The van der Waals surface area contributed by atoms with E-state index >= 15 is 0 Å². The van der Waals surface area contributed by atoms with Crippen LogP contribution in [0, 0.1) is 5.82 Å². The summed E-state index contributed by atoms with van der Waals surface area (Å²) in [5.74, 6) is -0.662. The molecule has 13 heteroatoms. The molecule has 4 amide bonds. The average Bonchev–Trinajstić information content (AvgIpc) is 3.04. The van der Waals surface area contributed by atoms with Gasteiger partial charge < -0.3 is 39.8 Å². The Kier molecular flexibility index (Phi) is 17.9. The molecule has 0 radical (unpaired) electrons. The van der Waals surface area contributed by atoms with Crippen LogP contribution in [0.2, 0.25) is 0 Å². The van der Waals surface area contributed by atoms with Crippen molar-refractivity contribution in [2.45, 2.75) is 78.6 Å². The molecule has 1 aliphatic rings. The van der Waals surface area contributed by atoms with Gasteiger partial charge in [-0.15, -0.1) is 0 Å². The van der Waals surface area contributed by atoms with Crippen molar-refractivity contribution < 1.29 is 42.9 Å². The lowest BCUT2D eigenvalue weighted by Crippen LogP contribution is -2.57. The number of halogens is 1. The molecule has 1 saturated heterocycles. The summed E-state index contributed by atoms with van der Waals surface area (Å²) in [6.07, 6.45) is 0.687. The molecule has 1 fully saturated rings. The first-order chi connectivity index (χ1) is 22.3. The number of hydrogen-bond acceptors (Lipinski definition) is 8. The van der Waals surface area contributed by atoms with Crippen molar-refractivity contribution in [3.63, 3.8) is 0 Å². The van der Waals surface area contributed by atoms with E-state index in [1.54, 1.807) is 32.7 Å². The van der Waals surface area contributed by atoms with E-state index in [0.717, 1.165) is 11.6 Å². The Labute approximate surface area is 277 Å². The highest BCUT2D eigenvalue weighted by molar-refractivity contribution is 5.75. The number of nitrogens with one attached hydrogen (secondary N) is 2. The number of aliphatic hydroxyl groups is 1. The monoisotopic (exact) mass is 662 g/mol. The number of benzene rings is 2. The number of alkyl carbamates (subject to hydrolysis) is 1. The zero-order valence-electron chi connectivity index (χ0n) is 28.6. The first kappa shape index (κ1) is 40.6. The fourth-order valence-corrected chi connectivity index (χ4v) is 4.38. The van der Waals surface area contributed by atoms with Gasteiger partial charge in [0.1, 0.15) is 12.2 Å². The number of anilines is 1. The highest BCUT2D eigenvalue weighted by atomic mass is 19.1. The molecule has 0 saturated carbocycles. The number of carbonyl (C=O) groups excluding carboxylic acids is 4. The molecule has 1 aliphatic heterocycles. The molecule has 0 spiro atoms. The van der Waals surface area contributed by atoms with Crippen LogP contribution in [0.5, 0.6) is 5.75 Å². The van der Waals surface area contributed by atoms with Gasteiger partial charge in [-0.05, 0) is 51.3 Å².